The van der Waals surface area contributed by atoms with E-state index in [9.17, 15) is 9.18 Å². The molecule has 1 amide bonds. The maximum atomic E-state index is 13.3. The second-order valence-corrected chi connectivity index (χ2v) is 3.65. The van der Waals surface area contributed by atoms with Gasteiger partial charge in [-0.15, -0.1) is 10.1 Å². The minimum atomic E-state index is -0.399. The van der Waals surface area contributed by atoms with Crippen molar-refractivity contribution in [3.63, 3.8) is 0 Å². The van der Waals surface area contributed by atoms with Crippen LogP contribution in [-0.2, 0) is 4.79 Å². The number of carbonyl (C=O) groups excluding carboxylic acids is 1. The number of hydrazine groups is 1. The maximum Gasteiger partial charge on any atom is 0.280 e. The van der Waals surface area contributed by atoms with Gasteiger partial charge in [0, 0.05) is 0 Å². The molecular formula is C10H9ClFN2O+. The summed E-state index contributed by atoms with van der Waals surface area (Å²) in [5.41, 5.74) is 2.86. The lowest BCUT2D eigenvalue weighted by atomic mass is 10.2. The van der Waals surface area contributed by atoms with Gasteiger partial charge in [0.15, 0.2) is 6.54 Å². The number of hydrazone groups is 1. The fourth-order valence-electron chi connectivity index (χ4n) is 1.38. The van der Waals surface area contributed by atoms with Crippen molar-refractivity contribution in [3.8, 4) is 0 Å². The van der Waals surface area contributed by atoms with E-state index in [0.29, 0.717) is 23.6 Å². The average Bonchev–Trinajstić information content (AvgIpc) is 2.58. The largest absolute Gasteiger partial charge is 0.280 e. The van der Waals surface area contributed by atoms with Gasteiger partial charge in [-0.25, -0.2) is 4.39 Å². The molecule has 1 N–H and O–H groups in total. The second kappa shape index (κ2) is 3.98. The first-order valence-electron chi connectivity index (χ1n) is 4.52. The fourth-order valence-corrected chi connectivity index (χ4v) is 1.59. The van der Waals surface area contributed by atoms with Gasteiger partial charge in [0.05, 0.1) is 17.0 Å². The SMILES string of the molecule is O=C1CC[N+](=Cc2c(F)cccc2Cl)N1. The Morgan fingerprint density at radius 2 is 2.33 bits per heavy atom. The van der Waals surface area contributed by atoms with E-state index < -0.39 is 5.82 Å². The van der Waals surface area contributed by atoms with Crippen LogP contribution in [-0.4, -0.2) is 23.4 Å². The van der Waals surface area contributed by atoms with Gasteiger partial charge in [0.1, 0.15) is 5.82 Å². The number of halogens is 2. The fraction of sp³-hybridized carbons (Fsp3) is 0.200. The summed E-state index contributed by atoms with van der Waals surface area (Å²) in [7, 11) is 0. The van der Waals surface area contributed by atoms with Crippen molar-refractivity contribution in [2.75, 3.05) is 6.54 Å². The summed E-state index contributed by atoms with van der Waals surface area (Å²) >= 11 is 5.83. The third-order valence-electron chi connectivity index (χ3n) is 2.13. The molecule has 78 valence electrons. The molecule has 0 radical (unpaired) electrons. The molecule has 1 fully saturated rings. The van der Waals surface area contributed by atoms with Crippen LogP contribution in [0, 0.1) is 5.82 Å². The van der Waals surface area contributed by atoms with Gasteiger partial charge in [-0.3, -0.25) is 4.79 Å². The maximum absolute atomic E-state index is 13.3. The van der Waals surface area contributed by atoms with Crippen molar-refractivity contribution < 1.29 is 13.9 Å². The molecule has 1 aromatic carbocycles. The Hall–Kier alpha value is -1.42. The van der Waals surface area contributed by atoms with E-state index in [2.05, 4.69) is 5.43 Å². The molecule has 0 atom stereocenters. The summed E-state index contributed by atoms with van der Waals surface area (Å²) in [5, 5.41) is 0.330. The summed E-state index contributed by atoms with van der Waals surface area (Å²) < 4.78 is 14.9. The van der Waals surface area contributed by atoms with Crippen molar-refractivity contribution in [2.45, 2.75) is 6.42 Å². The number of nitrogens with one attached hydrogen (secondary N) is 1. The molecule has 1 saturated heterocycles. The quantitative estimate of drug-likeness (QED) is 0.722. The molecule has 0 unspecified atom stereocenters. The van der Waals surface area contributed by atoms with E-state index >= 15 is 0 Å². The minimum absolute atomic E-state index is 0.0706. The van der Waals surface area contributed by atoms with Gasteiger partial charge in [0.2, 0.25) is 6.21 Å². The lowest BCUT2D eigenvalue weighted by Crippen LogP contribution is -2.25. The molecule has 1 aliphatic heterocycles. The molecular weight excluding hydrogens is 219 g/mol. The molecule has 1 aromatic rings. The summed E-state index contributed by atoms with van der Waals surface area (Å²) in [6.07, 6.45) is 1.92. The first kappa shape index (κ1) is 10.1. The lowest BCUT2D eigenvalue weighted by molar-refractivity contribution is -0.553. The number of benzene rings is 1. The van der Waals surface area contributed by atoms with E-state index in [1.807, 2.05) is 0 Å². The van der Waals surface area contributed by atoms with Gasteiger partial charge in [0.25, 0.3) is 5.91 Å². The summed E-state index contributed by atoms with van der Waals surface area (Å²) in [6.45, 7) is 0.531. The van der Waals surface area contributed by atoms with E-state index in [0.717, 1.165) is 0 Å². The molecule has 1 aliphatic rings. The summed E-state index contributed by atoms with van der Waals surface area (Å²) in [4.78, 5) is 10.9. The normalized spacial score (nSPS) is 18.3. The minimum Gasteiger partial charge on any atom is -0.269 e. The highest BCUT2D eigenvalue weighted by molar-refractivity contribution is 6.32. The highest BCUT2D eigenvalue weighted by Gasteiger charge is 2.22. The lowest BCUT2D eigenvalue weighted by Gasteiger charge is -1.97. The Balaban J connectivity index is 2.35. The molecule has 5 heteroatoms. The van der Waals surface area contributed by atoms with E-state index in [1.54, 1.807) is 6.07 Å². The highest BCUT2D eigenvalue weighted by Crippen LogP contribution is 2.16. The number of amides is 1. The smallest absolute Gasteiger partial charge is 0.269 e. The molecule has 0 aromatic heterocycles. The van der Waals surface area contributed by atoms with E-state index in [1.165, 1.54) is 23.0 Å². The zero-order valence-corrected chi connectivity index (χ0v) is 8.59. The van der Waals surface area contributed by atoms with Crippen LogP contribution in [0.15, 0.2) is 18.2 Å². The molecule has 15 heavy (non-hydrogen) atoms. The van der Waals surface area contributed by atoms with Crippen molar-refractivity contribution in [3.05, 3.63) is 34.6 Å². The third-order valence-corrected chi connectivity index (χ3v) is 2.46. The number of nitrogens with zero attached hydrogens (tertiary/aromatic N) is 1. The van der Waals surface area contributed by atoms with Gasteiger partial charge in [-0.2, -0.15) is 0 Å². The zero-order chi connectivity index (χ0) is 10.8. The van der Waals surface area contributed by atoms with Crippen LogP contribution in [0.25, 0.3) is 0 Å². The molecule has 0 spiro atoms. The number of rotatable bonds is 1. The Morgan fingerprint density at radius 1 is 1.53 bits per heavy atom. The van der Waals surface area contributed by atoms with Crippen molar-refractivity contribution in [1.29, 1.82) is 0 Å². The molecule has 2 rings (SSSR count). The molecule has 0 saturated carbocycles. The van der Waals surface area contributed by atoms with Gasteiger partial charge >= 0.3 is 0 Å². The van der Waals surface area contributed by atoms with Gasteiger partial charge < -0.3 is 0 Å². The van der Waals surface area contributed by atoms with Crippen LogP contribution in [0.2, 0.25) is 5.02 Å². The Kier molecular flexibility index (Phi) is 2.68. The topological polar surface area (TPSA) is 32.1 Å². The number of hydrogen-bond acceptors (Lipinski definition) is 1. The predicted octanol–water partition coefficient (Wildman–Crippen LogP) is 1.35. The highest BCUT2D eigenvalue weighted by atomic mass is 35.5. The Bertz CT molecular complexity index is 425. The number of hydrogen-bond donors (Lipinski definition) is 1. The number of carbonyl (C=O) groups is 1. The van der Waals surface area contributed by atoms with Crippen molar-refractivity contribution in [2.24, 2.45) is 0 Å². The van der Waals surface area contributed by atoms with Crippen LogP contribution in [0.4, 0.5) is 4.39 Å². The molecule has 3 nitrogen and oxygen atoms in total. The van der Waals surface area contributed by atoms with Crippen LogP contribution in [0.5, 0.6) is 0 Å². The Morgan fingerprint density at radius 3 is 2.93 bits per heavy atom. The standard InChI is InChI=1S/C10H8ClFN2O/c11-8-2-1-3-9(12)7(8)6-14-5-4-10(15)13-14/h1-3,6H,4-5H2/p+1. The first-order chi connectivity index (χ1) is 7.16. The predicted molar refractivity (Wildman–Crippen MR) is 54.5 cm³/mol. The average molecular weight is 228 g/mol. The van der Waals surface area contributed by atoms with Gasteiger partial charge in [-0.1, -0.05) is 17.7 Å². The monoisotopic (exact) mass is 227 g/mol. The Labute approximate surface area is 91.1 Å². The van der Waals surface area contributed by atoms with E-state index in [4.69, 9.17) is 11.6 Å². The second-order valence-electron chi connectivity index (χ2n) is 3.24. The van der Waals surface area contributed by atoms with Gasteiger partial charge in [-0.05, 0) is 12.1 Å². The summed E-state index contributed by atoms with van der Waals surface area (Å²) in [5.74, 6) is -0.470. The van der Waals surface area contributed by atoms with Crippen LogP contribution in [0.3, 0.4) is 0 Å². The van der Waals surface area contributed by atoms with Crippen molar-refractivity contribution >= 4 is 23.7 Å². The van der Waals surface area contributed by atoms with Crippen LogP contribution in [0.1, 0.15) is 12.0 Å². The third kappa shape index (κ3) is 2.15. The molecule has 1 heterocycles. The zero-order valence-electron chi connectivity index (χ0n) is 7.84. The summed E-state index contributed by atoms with van der Waals surface area (Å²) in [6, 6.07) is 4.47. The van der Waals surface area contributed by atoms with Crippen LogP contribution < -0.4 is 5.43 Å². The van der Waals surface area contributed by atoms with Crippen LogP contribution >= 0.6 is 11.6 Å². The first-order valence-corrected chi connectivity index (χ1v) is 4.89. The van der Waals surface area contributed by atoms with Crippen molar-refractivity contribution in [1.82, 2.24) is 5.43 Å². The molecule has 0 aliphatic carbocycles. The van der Waals surface area contributed by atoms with E-state index in [-0.39, 0.29) is 5.91 Å². The molecule has 0 bridgehead atoms.